The summed E-state index contributed by atoms with van der Waals surface area (Å²) in [7, 11) is 0. The number of hydrogen-bond acceptors (Lipinski definition) is 2. The van der Waals surface area contributed by atoms with Crippen molar-refractivity contribution >= 4 is 5.97 Å². The Labute approximate surface area is 88.1 Å². The summed E-state index contributed by atoms with van der Waals surface area (Å²) in [6, 6.07) is 5.82. The van der Waals surface area contributed by atoms with Gasteiger partial charge in [-0.2, -0.15) is 0 Å². The Hall–Kier alpha value is -0.900. The van der Waals surface area contributed by atoms with Crippen molar-refractivity contribution in [3.05, 3.63) is 30.6 Å². The van der Waals surface area contributed by atoms with E-state index >= 15 is 0 Å². The summed E-state index contributed by atoms with van der Waals surface area (Å²) in [6.45, 7) is 2.56. The Balaban J connectivity index is 0.00000144. The van der Waals surface area contributed by atoms with Crippen LogP contribution in [0.4, 0.5) is 0 Å². The average molecular weight is 246 g/mol. The predicted octanol–water partition coefficient (Wildman–Crippen LogP) is -2.46. The van der Waals surface area contributed by atoms with Crippen LogP contribution < -0.4 is 21.5 Å². The van der Waals surface area contributed by atoms with Crippen LogP contribution in [0, 0.1) is 0 Å². The third-order valence-corrected chi connectivity index (χ3v) is 1.43. The Morgan fingerprint density at radius 2 is 1.92 bits per heavy atom. The summed E-state index contributed by atoms with van der Waals surface area (Å²) >= 11 is 0. The Kier molecular flexibility index (Phi) is 6.14. The second-order valence-electron chi connectivity index (χ2n) is 2.45. The zero-order chi connectivity index (χ0) is 8.81. The van der Waals surface area contributed by atoms with Crippen LogP contribution >= 0.6 is 0 Å². The van der Waals surface area contributed by atoms with Gasteiger partial charge >= 0.3 is 5.97 Å². The second-order valence-corrected chi connectivity index (χ2v) is 2.45. The van der Waals surface area contributed by atoms with Crippen LogP contribution in [0.3, 0.4) is 0 Å². The van der Waals surface area contributed by atoms with Gasteiger partial charge in [0.2, 0.25) is 0 Å². The lowest BCUT2D eigenvalue weighted by atomic mass is 10.5. The van der Waals surface area contributed by atoms with Gasteiger partial charge in [0, 0.05) is 19.1 Å². The minimum Gasteiger partial charge on any atom is -1.00 e. The highest BCUT2D eigenvalue weighted by molar-refractivity contribution is 5.65. The first kappa shape index (κ1) is 12.1. The summed E-state index contributed by atoms with van der Waals surface area (Å²) < 4.78 is 6.75. The Morgan fingerprint density at radius 3 is 2.46 bits per heavy atom. The van der Waals surface area contributed by atoms with E-state index in [1.165, 1.54) is 6.92 Å². The van der Waals surface area contributed by atoms with Crippen molar-refractivity contribution in [3.8, 4) is 0 Å². The highest BCUT2D eigenvalue weighted by Crippen LogP contribution is 1.79. The fraction of sp³-hybridized carbons (Fsp3) is 0.333. The summed E-state index contributed by atoms with van der Waals surface area (Å²) in [5.74, 6) is -0.230. The lowest BCUT2D eigenvalue weighted by molar-refractivity contribution is -0.697. The molecule has 72 valence electrons. The van der Waals surface area contributed by atoms with Crippen LogP contribution in [0.2, 0.25) is 0 Å². The number of esters is 1. The van der Waals surface area contributed by atoms with E-state index in [9.17, 15) is 4.79 Å². The molecule has 1 heterocycles. The van der Waals surface area contributed by atoms with E-state index in [0.29, 0.717) is 13.2 Å². The molecule has 0 unspecified atom stereocenters. The van der Waals surface area contributed by atoms with Crippen LogP contribution in [0.15, 0.2) is 30.6 Å². The first-order valence-electron chi connectivity index (χ1n) is 3.86. The van der Waals surface area contributed by atoms with Crippen molar-refractivity contribution in [2.45, 2.75) is 13.5 Å². The van der Waals surface area contributed by atoms with Gasteiger partial charge < -0.3 is 21.7 Å². The maximum absolute atomic E-state index is 10.4. The molecule has 0 aromatic carbocycles. The maximum atomic E-state index is 10.4. The van der Waals surface area contributed by atoms with E-state index in [2.05, 4.69) is 0 Å². The van der Waals surface area contributed by atoms with Crippen molar-refractivity contribution in [1.82, 2.24) is 0 Å². The molecule has 0 bridgehead atoms. The molecule has 1 rings (SSSR count). The van der Waals surface area contributed by atoms with E-state index in [-0.39, 0.29) is 23.0 Å². The molecule has 0 saturated heterocycles. The summed E-state index contributed by atoms with van der Waals surface area (Å²) in [5, 5.41) is 0. The molecule has 1 aromatic rings. The first-order valence-corrected chi connectivity index (χ1v) is 3.86. The van der Waals surface area contributed by atoms with E-state index in [0.717, 1.165) is 0 Å². The van der Waals surface area contributed by atoms with Crippen molar-refractivity contribution in [2.24, 2.45) is 0 Å². The molecule has 13 heavy (non-hydrogen) atoms. The molecule has 3 nitrogen and oxygen atoms in total. The fourth-order valence-corrected chi connectivity index (χ4v) is 0.878. The van der Waals surface area contributed by atoms with Gasteiger partial charge in [-0.15, -0.1) is 0 Å². The molecule has 0 atom stereocenters. The summed E-state index contributed by atoms with van der Waals surface area (Å²) in [6.07, 6.45) is 3.87. The zero-order valence-electron chi connectivity index (χ0n) is 7.44. The molecule has 4 heteroatoms. The standard InChI is InChI=1S/C9H12NO2.BrH/c1-9(11)12-8-7-10-5-3-2-4-6-10;/h2-6H,7-8H2,1H3;1H/q+1;/p-1. The lowest BCUT2D eigenvalue weighted by Crippen LogP contribution is -3.00. The Morgan fingerprint density at radius 1 is 1.31 bits per heavy atom. The molecule has 1 aromatic heterocycles. The molecule has 0 amide bonds. The predicted molar refractivity (Wildman–Crippen MR) is 43.3 cm³/mol. The van der Waals surface area contributed by atoms with Gasteiger partial charge in [-0.05, 0) is 0 Å². The smallest absolute Gasteiger partial charge is 0.302 e. The molecule has 0 spiro atoms. The quantitative estimate of drug-likeness (QED) is 0.437. The maximum Gasteiger partial charge on any atom is 0.302 e. The fourth-order valence-electron chi connectivity index (χ4n) is 0.878. The number of hydrogen-bond donors (Lipinski definition) is 0. The van der Waals surface area contributed by atoms with Crippen molar-refractivity contribution in [1.29, 1.82) is 0 Å². The van der Waals surface area contributed by atoms with Gasteiger partial charge in [-0.3, -0.25) is 4.79 Å². The van der Waals surface area contributed by atoms with Crippen LogP contribution in [-0.2, 0) is 16.1 Å². The second kappa shape index (κ2) is 6.60. The zero-order valence-corrected chi connectivity index (χ0v) is 9.03. The lowest BCUT2D eigenvalue weighted by Gasteiger charge is -1.97. The molecule has 0 radical (unpaired) electrons. The van der Waals surface area contributed by atoms with Gasteiger partial charge in [-0.25, -0.2) is 4.57 Å². The van der Waals surface area contributed by atoms with Gasteiger partial charge in [-0.1, -0.05) is 6.07 Å². The molecule has 0 N–H and O–H groups in total. The van der Waals surface area contributed by atoms with Gasteiger partial charge in [0.15, 0.2) is 25.5 Å². The minimum absolute atomic E-state index is 0. The largest absolute Gasteiger partial charge is 1.00 e. The van der Waals surface area contributed by atoms with Gasteiger partial charge in [0.1, 0.15) is 0 Å². The minimum atomic E-state index is -0.230. The number of aromatic nitrogens is 1. The number of rotatable bonds is 3. The van der Waals surface area contributed by atoms with Gasteiger partial charge in [0.25, 0.3) is 0 Å². The number of carbonyl (C=O) groups is 1. The number of pyridine rings is 1. The number of nitrogens with zero attached hydrogens (tertiary/aromatic N) is 1. The molecule has 0 fully saturated rings. The van der Waals surface area contributed by atoms with Crippen molar-refractivity contribution in [2.75, 3.05) is 6.61 Å². The normalized spacial score (nSPS) is 8.69. The topological polar surface area (TPSA) is 30.2 Å². The SMILES string of the molecule is CC(=O)OCC[n+]1ccccc1.[Br-]. The highest BCUT2D eigenvalue weighted by atomic mass is 79.9. The molecule has 0 saturated carbocycles. The van der Waals surface area contributed by atoms with Crippen molar-refractivity contribution < 1.29 is 31.1 Å². The van der Waals surface area contributed by atoms with Crippen LogP contribution in [0.1, 0.15) is 6.92 Å². The molecule has 0 aliphatic heterocycles. The third-order valence-electron chi connectivity index (χ3n) is 1.43. The van der Waals surface area contributed by atoms with E-state index in [1.807, 2.05) is 35.2 Å². The van der Waals surface area contributed by atoms with Crippen LogP contribution in [0.5, 0.6) is 0 Å². The number of ether oxygens (including phenoxy) is 1. The summed E-state index contributed by atoms with van der Waals surface area (Å²) in [5.41, 5.74) is 0. The monoisotopic (exact) mass is 245 g/mol. The molecular formula is C9H12BrNO2. The van der Waals surface area contributed by atoms with Crippen LogP contribution in [0.25, 0.3) is 0 Å². The number of carbonyl (C=O) groups excluding carboxylic acids is 1. The Bertz CT molecular complexity index is 251. The molecule has 0 aliphatic rings. The van der Waals surface area contributed by atoms with E-state index < -0.39 is 0 Å². The van der Waals surface area contributed by atoms with E-state index in [1.54, 1.807) is 0 Å². The van der Waals surface area contributed by atoms with Crippen molar-refractivity contribution in [3.63, 3.8) is 0 Å². The van der Waals surface area contributed by atoms with E-state index in [4.69, 9.17) is 4.74 Å². The first-order chi connectivity index (χ1) is 5.79. The third kappa shape index (κ3) is 5.36. The van der Waals surface area contributed by atoms with Crippen LogP contribution in [-0.4, -0.2) is 12.6 Å². The number of halogens is 1. The summed E-state index contributed by atoms with van der Waals surface area (Å²) in [4.78, 5) is 10.4. The van der Waals surface area contributed by atoms with Gasteiger partial charge in [0.05, 0.1) is 0 Å². The molecule has 0 aliphatic carbocycles. The average Bonchev–Trinajstić information content (AvgIpc) is 2.05. The molecular weight excluding hydrogens is 234 g/mol. The highest BCUT2D eigenvalue weighted by Gasteiger charge is 1.98.